The van der Waals surface area contributed by atoms with Gasteiger partial charge < -0.3 is 5.73 Å². The number of aromatic amines is 1. The highest BCUT2D eigenvalue weighted by atomic mass is 16.1. The van der Waals surface area contributed by atoms with Crippen molar-refractivity contribution in [1.29, 1.82) is 0 Å². The van der Waals surface area contributed by atoms with E-state index in [2.05, 4.69) is 28.8 Å². The standard InChI is InChI=1S/C20H20N4O2/c1-10(2)11-6-8-12(9-7-11)15-16-13(4-3-5-14(16)25)22-18-17(15)19(26)24-20(21)23-18/h6-10H,3-5H2,1-2H3,(H3,21,22,23,24,26). The van der Waals surface area contributed by atoms with E-state index in [9.17, 15) is 9.59 Å². The Hall–Kier alpha value is -3.02. The first-order chi connectivity index (χ1) is 12.5. The van der Waals surface area contributed by atoms with Crippen molar-refractivity contribution in [3.63, 3.8) is 0 Å². The molecule has 26 heavy (non-hydrogen) atoms. The number of rotatable bonds is 2. The molecule has 0 aliphatic heterocycles. The number of benzene rings is 1. The van der Waals surface area contributed by atoms with Crippen molar-refractivity contribution in [2.24, 2.45) is 0 Å². The van der Waals surface area contributed by atoms with Gasteiger partial charge in [-0.15, -0.1) is 0 Å². The molecule has 0 radical (unpaired) electrons. The molecule has 0 atom stereocenters. The van der Waals surface area contributed by atoms with Gasteiger partial charge in [-0.25, -0.2) is 4.98 Å². The predicted octanol–water partition coefficient (Wildman–Crippen LogP) is 3.21. The highest BCUT2D eigenvalue weighted by Crippen LogP contribution is 2.35. The van der Waals surface area contributed by atoms with E-state index in [-0.39, 0.29) is 17.3 Å². The van der Waals surface area contributed by atoms with E-state index in [1.54, 1.807) is 0 Å². The van der Waals surface area contributed by atoms with Crippen LogP contribution in [0.15, 0.2) is 29.1 Å². The van der Waals surface area contributed by atoms with Crippen LogP contribution < -0.4 is 11.3 Å². The van der Waals surface area contributed by atoms with Crippen LogP contribution in [-0.2, 0) is 6.42 Å². The second-order valence-electron chi connectivity index (χ2n) is 7.01. The fraction of sp³-hybridized carbons (Fsp3) is 0.300. The molecule has 0 saturated carbocycles. The van der Waals surface area contributed by atoms with Crippen LogP contribution in [0.1, 0.15) is 54.2 Å². The van der Waals surface area contributed by atoms with E-state index >= 15 is 0 Å². The SMILES string of the molecule is CC(C)c1ccc(-c2c3c(nc4nc(N)[nH]c(=O)c24)CCCC3=O)cc1. The summed E-state index contributed by atoms with van der Waals surface area (Å²) in [5, 5.41) is 0.325. The van der Waals surface area contributed by atoms with Crippen LogP contribution in [0.2, 0.25) is 0 Å². The average molecular weight is 348 g/mol. The zero-order chi connectivity index (χ0) is 18.4. The first kappa shape index (κ1) is 16.4. The molecule has 3 N–H and O–H groups in total. The predicted molar refractivity (Wildman–Crippen MR) is 101 cm³/mol. The largest absolute Gasteiger partial charge is 0.369 e. The summed E-state index contributed by atoms with van der Waals surface area (Å²) in [6, 6.07) is 7.99. The quantitative estimate of drug-likeness (QED) is 0.740. The minimum Gasteiger partial charge on any atom is -0.369 e. The second kappa shape index (κ2) is 6.05. The number of aromatic nitrogens is 3. The number of Topliss-reactive ketones (excluding diaryl/α,β-unsaturated/α-hetero) is 1. The molecule has 3 aromatic rings. The van der Waals surface area contributed by atoms with Gasteiger partial charge in [-0.05, 0) is 29.9 Å². The summed E-state index contributed by atoms with van der Waals surface area (Å²) >= 11 is 0. The van der Waals surface area contributed by atoms with Crippen LogP contribution in [0.5, 0.6) is 0 Å². The van der Waals surface area contributed by atoms with Crippen molar-refractivity contribution in [3.05, 3.63) is 51.4 Å². The summed E-state index contributed by atoms with van der Waals surface area (Å²) in [6.07, 6.45) is 1.93. The van der Waals surface area contributed by atoms with Crippen LogP contribution in [0.25, 0.3) is 22.2 Å². The van der Waals surface area contributed by atoms with Gasteiger partial charge in [0.15, 0.2) is 11.4 Å². The fourth-order valence-electron chi connectivity index (χ4n) is 3.58. The molecule has 6 nitrogen and oxygen atoms in total. The molecule has 0 saturated heterocycles. The number of nitrogens with two attached hydrogens (primary N) is 1. The molecule has 1 aliphatic carbocycles. The molecule has 1 aliphatic rings. The smallest absolute Gasteiger partial charge is 0.262 e. The van der Waals surface area contributed by atoms with Gasteiger partial charge in [-0.3, -0.25) is 14.6 Å². The summed E-state index contributed by atoms with van der Waals surface area (Å²) in [4.78, 5) is 36.5. The van der Waals surface area contributed by atoms with Crippen LogP contribution >= 0.6 is 0 Å². The van der Waals surface area contributed by atoms with Crippen molar-refractivity contribution in [1.82, 2.24) is 15.0 Å². The number of H-pyrrole nitrogens is 1. The van der Waals surface area contributed by atoms with Gasteiger partial charge in [0.05, 0.1) is 11.1 Å². The fourth-order valence-corrected chi connectivity index (χ4v) is 3.58. The van der Waals surface area contributed by atoms with Crippen molar-refractivity contribution >= 4 is 22.8 Å². The third kappa shape index (κ3) is 2.58. The van der Waals surface area contributed by atoms with Crippen molar-refractivity contribution in [2.45, 2.75) is 39.0 Å². The number of aryl methyl sites for hydroxylation is 1. The number of fused-ring (bicyclic) bond motifs is 2. The summed E-state index contributed by atoms with van der Waals surface area (Å²) < 4.78 is 0. The van der Waals surface area contributed by atoms with E-state index in [1.165, 1.54) is 5.56 Å². The van der Waals surface area contributed by atoms with E-state index in [0.29, 0.717) is 46.6 Å². The van der Waals surface area contributed by atoms with Gasteiger partial charge >= 0.3 is 0 Å². The van der Waals surface area contributed by atoms with Gasteiger partial charge in [0.2, 0.25) is 5.95 Å². The maximum atomic E-state index is 12.7. The Morgan fingerprint density at radius 1 is 1.04 bits per heavy atom. The topological polar surface area (TPSA) is 102 Å². The monoisotopic (exact) mass is 348 g/mol. The first-order valence-electron chi connectivity index (χ1n) is 8.81. The summed E-state index contributed by atoms with van der Waals surface area (Å²) in [6.45, 7) is 4.25. The number of nitrogen functional groups attached to an aromatic ring is 1. The lowest BCUT2D eigenvalue weighted by molar-refractivity contribution is 0.0972. The number of pyridine rings is 1. The Balaban J connectivity index is 2.10. The van der Waals surface area contributed by atoms with Crippen LogP contribution in [0, 0.1) is 0 Å². The molecule has 0 spiro atoms. The van der Waals surface area contributed by atoms with Crippen LogP contribution in [0.3, 0.4) is 0 Å². The molecule has 0 bridgehead atoms. The molecule has 0 fully saturated rings. The minimum atomic E-state index is -0.371. The van der Waals surface area contributed by atoms with Gasteiger partial charge in [-0.1, -0.05) is 38.1 Å². The second-order valence-corrected chi connectivity index (χ2v) is 7.01. The number of nitrogens with one attached hydrogen (secondary N) is 1. The number of hydrogen-bond donors (Lipinski definition) is 2. The number of carbonyl (C=O) groups excluding carboxylic acids is 1. The van der Waals surface area contributed by atoms with E-state index in [4.69, 9.17) is 5.73 Å². The molecule has 0 amide bonds. The Labute approximate surface area is 150 Å². The average Bonchev–Trinajstić information content (AvgIpc) is 2.60. The lowest BCUT2D eigenvalue weighted by Gasteiger charge is -2.19. The number of anilines is 1. The number of carbonyl (C=O) groups is 1. The summed E-state index contributed by atoms with van der Waals surface area (Å²) in [5.74, 6) is 0.455. The number of ketones is 1. The summed E-state index contributed by atoms with van der Waals surface area (Å²) in [5.41, 5.74) is 9.52. The molecule has 132 valence electrons. The maximum Gasteiger partial charge on any atom is 0.262 e. The normalized spacial score (nSPS) is 14.0. The maximum absolute atomic E-state index is 12.7. The zero-order valence-corrected chi connectivity index (χ0v) is 14.8. The third-order valence-electron chi connectivity index (χ3n) is 4.91. The highest BCUT2D eigenvalue weighted by molar-refractivity contribution is 6.10. The Morgan fingerprint density at radius 3 is 2.46 bits per heavy atom. The highest BCUT2D eigenvalue weighted by Gasteiger charge is 2.27. The zero-order valence-electron chi connectivity index (χ0n) is 14.8. The molecule has 6 heteroatoms. The van der Waals surface area contributed by atoms with Crippen molar-refractivity contribution in [3.8, 4) is 11.1 Å². The summed E-state index contributed by atoms with van der Waals surface area (Å²) in [7, 11) is 0. The first-order valence-corrected chi connectivity index (χ1v) is 8.81. The lowest BCUT2D eigenvalue weighted by atomic mass is 9.86. The van der Waals surface area contributed by atoms with Gasteiger partial charge in [-0.2, -0.15) is 4.98 Å². The van der Waals surface area contributed by atoms with Gasteiger partial charge in [0.1, 0.15) is 0 Å². The van der Waals surface area contributed by atoms with Crippen molar-refractivity contribution < 1.29 is 4.79 Å². The van der Waals surface area contributed by atoms with E-state index in [1.807, 2.05) is 24.3 Å². The van der Waals surface area contributed by atoms with E-state index < -0.39 is 0 Å². The molecule has 4 rings (SSSR count). The number of nitrogens with zero attached hydrogens (tertiary/aromatic N) is 2. The minimum absolute atomic E-state index is 0.0261. The van der Waals surface area contributed by atoms with Crippen molar-refractivity contribution in [2.75, 3.05) is 5.73 Å². The van der Waals surface area contributed by atoms with Gasteiger partial charge in [0.25, 0.3) is 5.56 Å². The number of hydrogen-bond acceptors (Lipinski definition) is 5. The molecular weight excluding hydrogens is 328 g/mol. The third-order valence-corrected chi connectivity index (χ3v) is 4.91. The van der Waals surface area contributed by atoms with Gasteiger partial charge in [0, 0.05) is 17.5 Å². The Morgan fingerprint density at radius 2 is 1.77 bits per heavy atom. The molecule has 0 unspecified atom stereocenters. The Kier molecular flexibility index (Phi) is 3.83. The van der Waals surface area contributed by atoms with E-state index in [0.717, 1.165) is 12.0 Å². The Bertz CT molecular complexity index is 1080. The molecular formula is C20H20N4O2. The molecule has 2 aromatic heterocycles. The van der Waals surface area contributed by atoms with Crippen LogP contribution in [0.4, 0.5) is 5.95 Å². The lowest BCUT2D eigenvalue weighted by Crippen LogP contribution is -2.20. The van der Waals surface area contributed by atoms with Crippen LogP contribution in [-0.4, -0.2) is 20.7 Å². The molecule has 1 aromatic carbocycles. The molecule has 2 heterocycles.